The van der Waals surface area contributed by atoms with Crippen LogP contribution in [0.1, 0.15) is 55.3 Å². The summed E-state index contributed by atoms with van der Waals surface area (Å²) < 4.78 is 10.4. The molecule has 1 saturated heterocycles. The predicted octanol–water partition coefficient (Wildman–Crippen LogP) is 5.39. The minimum Gasteiger partial charge on any atom is -0.494 e. The number of carbonyl (C=O) groups is 1. The maximum atomic E-state index is 13.7. The Kier molecular flexibility index (Phi) is 5.85. The number of benzene rings is 2. The van der Waals surface area contributed by atoms with E-state index in [0.717, 1.165) is 66.9 Å². The second-order valence-corrected chi connectivity index (χ2v) is 13.0. The maximum absolute atomic E-state index is 13.7. The van der Waals surface area contributed by atoms with Crippen LogP contribution in [0, 0.1) is 17.8 Å². The molecule has 8 nitrogen and oxygen atoms in total. The number of amides is 1. The highest BCUT2D eigenvalue weighted by molar-refractivity contribution is 6.00. The molecule has 0 radical (unpaired) electrons. The molecule has 214 valence electrons. The van der Waals surface area contributed by atoms with Crippen LogP contribution in [0.25, 0.3) is 33.5 Å². The van der Waals surface area contributed by atoms with Crippen LogP contribution in [0.3, 0.4) is 0 Å². The highest BCUT2D eigenvalue weighted by Gasteiger charge is 2.47. The van der Waals surface area contributed by atoms with E-state index in [4.69, 9.17) is 15.5 Å². The molecule has 8 heteroatoms. The van der Waals surface area contributed by atoms with Gasteiger partial charge in [-0.05, 0) is 86.3 Å². The average molecular weight is 553 g/mol. The van der Waals surface area contributed by atoms with E-state index >= 15 is 0 Å². The zero-order valence-electron chi connectivity index (χ0n) is 24.1. The smallest absolute Gasteiger partial charge is 0.254 e. The topological polar surface area (TPSA) is 90.3 Å². The Balaban J connectivity index is 1.18. The zero-order chi connectivity index (χ0) is 27.8. The number of fused-ring (bicyclic) bond motifs is 4. The van der Waals surface area contributed by atoms with E-state index in [1.54, 1.807) is 7.11 Å². The second-order valence-electron chi connectivity index (χ2n) is 13.0. The Hall–Kier alpha value is -3.52. The number of carbonyl (C=O) groups excluding carboxylic acids is 1. The number of nitrogens with two attached hydrogens (primary N) is 1. The molecular weight excluding hydrogens is 512 g/mol. The molecule has 1 aliphatic heterocycles. The molecular formula is C33H40N6O2. The first-order chi connectivity index (χ1) is 20.0. The largest absolute Gasteiger partial charge is 0.494 e. The quantitative estimate of drug-likeness (QED) is 0.291. The van der Waals surface area contributed by atoms with Crippen molar-refractivity contribution in [1.82, 2.24) is 19.0 Å². The fourth-order valence-corrected chi connectivity index (χ4v) is 7.42. The summed E-state index contributed by atoms with van der Waals surface area (Å²) in [5.41, 5.74) is 12.3. The summed E-state index contributed by atoms with van der Waals surface area (Å²) in [4.78, 5) is 20.8. The van der Waals surface area contributed by atoms with Gasteiger partial charge >= 0.3 is 0 Å². The summed E-state index contributed by atoms with van der Waals surface area (Å²) in [6.07, 6.45) is 8.71. The fourth-order valence-electron chi connectivity index (χ4n) is 7.42. The van der Waals surface area contributed by atoms with Gasteiger partial charge < -0.3 is 29.8 Å². The Morgan fingerprint density at radius 2 is 1.90 bits per heavy atom. The van der Waals surface area contributed by atoms with Crippen molar-refractivity contribution in [2.45, 2.75) is 63.6 Å². The van der Waals surface area contributed by atoms with Gasteiger partial charge in [-0.2, -0.15) is 0 Å². The molecule has 3 aliphatic carbocycles. The lowest BCUT2D eigenvalue weighted by atomic mass is 10.1. The lowest BCUT2D eigenvalue weighted by Gasteiger charge is -2.27. The summed E-state index contributed by atoms with van der Waals surface area (Å²) in [6.45, 7) is 2.77. The maximum Gasteiger partial charge on any atom is 0.254 e. The molecule has 4 aromatic rings. The highest BCUT2D eigenvalue weighted by atomic mass is 16.5. The van der Waals surface area contributed by atoms with Crippen LogP contribution in [0.4, 0.5) is 5.69 Å². The van der Waals surface area contributed by atoms with E-state index in [0.29, 0.717) is 17.2 Å². The van der Waals surface area contributed by atoms with Gasteiger partial charge in [-0.1, -0.05) is 12.8 Å². The van der Waals surface area contributed by atoms with Gasteiger partial charge in [0.05, 0.1) is 18.3 Å². The molecule has 3 heterocycles. The van der Waals surface area contributed by atoms with Crippen molar-refractivity contribution >= 4 is 33.5 Å². The van der Waals surface area contributed by atoms with Crippen molar-refractivity contribution in [3.8, 4) is 17.3 Å². The first-order valence-electron chi connectivity index (χ1n) is 15.5. The van der Waals surface area contributed by atoms with Crippen molar-refractivity contribution < 1.29 is 9.53 Å². The van der Waals surface area contributed by atoms with Gasteiger partial charge in [0.25, 0.3) is 5.91 Å². The van der Waals surface area contributed by atoms with Crippen LogP contribution in [-0.4, -0.2) is 57.2 Å². The first-order valence-corrected chi connectivity index (χ1v) is 15.5. The summed E-state index contributed by atoms with van der Waals surface area (Å²) in [5.74, 6) is 3.66. The molecule has 3 atom stereocenters. The number of nitrogens with zero attached hydrogens (tertiary/aromatic N) is 4. The average Bonchev–Trinajstić information content (AvgIpc) is 3.88. The number of hydrogen-bond donors (Lipinski definition) is 2. The molecule has 2 bridgehead atoms. The molecule has 3 N–H and O–H groups in total. The molecule has 2 aromatic heterocycles. The molecule has 1 unspecified atom stereocenters. The van der Waals surface area contributed by atoms with Crippen LogP contribution in [0.2, 0.25) is 0 Å². The summed E-state index contributed by atoms with van der Waals surface area (Å²) in [7, 11) is 3.72. The SMILES string of the molecule is COc1cc(C(=O)N2C[C@H]3CC[C@H]2C3N)cc2nc(-c3cc4cc(NCCC5CC5)ccc4n3CC3CC3)n(C)c12. The predicted molar refractivity (Wildman–Crippen MR) is 162 cm³/mol. The van der Waals surface area contributed by atoms with E-state index < -0.39 is 0 Å². The van der Waals surface area contributed by atoms with Gasteiger partial charge in [0.1, 0.15) is 11.3 Å². The molecule has 0 spiro atoms. The monoisotopic (exact) mass is 552 g/mol. The number of aryl methyl sites for hydroxylation is 1. The highest BCUT2D eigenvalue weighted by Crippen LogP contribution is 2.40. The first kappa shape index (κ1) is 25.2. The van der Waals surface area contributed by atoms with E-state index in [-0.39, 0.29) is 18.0 Å². The zero-order valence-corrected chi connectivity index (χ0v) is 24.1. The summed E-state index contributed by atoms with van der Waals surface area (Å²) in [5, 5.41) is 4.87. The van der Waals surface area contributed by atoms with Crippen LogP contribution >= 0.6 is 0 Å². The number of imidazole rings is 1. The van der Waals surface area contributed by atoms with E-state index in [1.165, 1.54) is 48.7 Å². The van der Waals surface area contributed by atoms with Gasteiger partial charge in [0.2, 0.25) is 0 Å². The van der Waals surface area contributed by atoms with Crippen LogP contribution < -0.4 is 15.8 Å². The second kappa shape index (κ2) is 9.51. The number of anilines is 1. The minimum absolute atomic E-state index is 0.0321. The van der Waals surface area contributed by atoms with Crippen LogP contribution in [-0.2, 0) is 13.6 Å². The number of likely N-dealkylation sites (tertiary alicyclic amines) is 1. The van der Waals surface area contributed by atoms with Gasteiger partial charge in [0.15, 0.2) is 5.82 Å². The number of aromatic nitrogens is 3. The third-order valence-corrected chi connectivity index (χ3v) is 10.2. The van der Waals surface area contributed by atoms with Gasteiger partial charge in [-0.3, -0.25) is 4.79 Å². The lowest BCUT2D eigenvalue weighted by molar-refractivity contribution is 0.0700. The molecule has 2 aromatic carbocycles. The Morgan fingerprint density at radius 3 is 2.61 bits per heavy atom. The van der Waals surface area contributed by atoms with E-state index in [9.17, 15) is 4.79 Å². The molecule has 8 rings (SSSR count). The van der Waals surface area contributed by atoms with Crippen molar-refractivity contribution in [1.29, 1.82) is 0 Å². The van der Waals surface area contributed by atoms with Gasteiger partial charge in [0, 0.05) is 60.9 Å². The fraction of sp³-hybridized carbons (Fsp3) is 0.515. The van der Waals surface area contributed by atoms with E-state index in [2.05, 4.69) is 45.8 Å². The number of ether oxygens (including phenoxy) is 1. The van der Waals surface area contributed by atoms with Crippen molar-refractivity contribution in [3.05, 3.63) is 42.0 Å². The number of hydrogen-bond acceptors (Lipinski definition) is 5. The molecule has 3 saturated carbocycles. The van der Waals surface area contributed by atoms with Crippen LogP contribution in [0.5, 0.6) is 5.75 Å². The third kappa shape index (κ3) is 4.30. The van der Waals surface area contributed by atoms with Crippen LogP contribution in [0.15, 0.2) is 36.4 Å². The van der Waals surface area contributed by atoms with Crippen molar-refractivity contribution in [2.75, 3.05) is 25.5 Å². The molecule has 41 heavy (non-hydrogen) atoms. The van der Waals surface area contributed by atoms with Gasteiger partial charge in [-0.15, -0.1) is 0 Å². The number of piperidine rings is 1. The Morgan fingerprint density at radius 1 is 1.07 bits per heavy atom. The summed E-state index contributed by atoms with van der Waals surface area (Å²) in [6, 6.07) is 13.1. The standard InChI is InChI=1S/C33H40N6O2/c1-37-31-25(14-23(16-29(31)41-2)33(40)39-18-21-7-9-27(39)30(21)34)36-32(37)28-15-22-13-24(35-12-11-19-3-4-19)8-10-26(22)38(28)17-20-5-6-20/h8,10,13-16,19-21,27,30,35H,3-7,9,11-12,17-18,34H2,1-2H3/t21-,27+,30?/m1/s1. The van der Waals surface area contributed by atoms with Gasteiger partial charge in [-0.25, -0.2) is 4.98 Å². The van der Waals surface area contributed by atoms with Crippen molar-refractivity contribution in [3.63, 3.8) is 0 Å². The Bertz CT molecular complexity index is 1660. The number of nitrogens with one attached hydrogen (secondary N) is 1. The molecule has 4 fully saturated rings. The Labute approximate surface area is 240 Å². The molecule has 1 amide bonds. The number of methoxy groups -OCH3 is 1. The van der Waals surface area contributed by atoms with Crippen molar-refractivity contribution in [2.24, 2.45) is 30.5 Å². The lowest BCUT2D eigenvalue weighted by Crippen LogP contribution is -2.41. The summed E-state index contributed by atoms with van der Waals surface area (Å²) >= 11 is 0. The minimum atomic E-state index is 0.0321. The normalized spacial score (nSPS) is 23.7. The van der Waals surface area contributed by atoms with E-state index in [1.807, 2.05) is 17.0 Å². The third-order valence-electron chi connectivity index (χ3n) is 10.2. The number of rotatable bonds is 9. The molecule has 4 aliphatic rings.